The summed E-state index contributed by atoms with van der Waals surface area (Å²) in [5.41, 5.74) is 7.17. The lowest BCUT2D eigenvalue weighted by Crippen LogP contribution is -2.33. The molecule has 0 saturated carbocycles. The predicted octanol–water partition coefficient (Wildman–Crippen LogP) is 8.68. The van der Waals surface area contributed by atoms with Crippen molar-refractivity contribution in [3.05, 3.63) is 101 Å². The SMILES string of the molecule is [2H]C([2H])([2H])c1c[n+](C)c(-c2c(C)ccc3c2oc2c(-c4ccc5ccccc5c4)c(C#N)ccc23)cc1C(C)(C)C. The number of fused-ring (bicyclic) bond motifs is 4. The minimum atomic E-state index is -2.23. The molecule has 0 unspecified atom stereocenters. The molecule has 0 spiro atoms. The van der Waals surface area contributed by atoms with Crippen LogP contribution in [0.1, 0.15) is 47.1 Å². The van der Waals surface area contributed by atoms with Crippen LogP contribution >= 0.6 is 0 Å². The van der Waals surface area contributed by atoms with Crippen molar-refractivity contribution in [1.29, 1.82) is 5.26 Å². The smallest absolute Gasteiger partial charge is 0.216 e. The van der Waals surface area contributed by atoms with Crippen molar-refractivity contribution in [3.63, 3.8) is 0 Å². The maximum atomic E-state index is 10.1. The molecule has 3 heteroatoms. The first-order chi connectivity index (χ1) is 19.4. The van der Waals surface area contributed by atoms with Crippen LogP contribution in [0.2, 0.25) is 0 Å². The zero-order valence-corrected chi connectivity index (χ0v) is 22.3. The summed E-state index contributed by atoms with van der Waals surface area (Å²) >= 11 is 0. The summed E-state index contributed by atoms with van der Waals surface area (Å²) < 4.78 is 33.2. The molecule has 0 saturated heterocycles. The predicted molar refractivity (Wildman–Crippen MR) is 156 cm³/mol. The molecule has 6 rings (SSSR count). The summed E-state index contributed by atoms with van der Waals surface area (Å²) in [6.45, 7) is 5.92. The van der Waals surface area contributed by atoms with E-state index in [-0.39, 0.29) is 5.41 Å². The topological polar surface area (TPSA) is 40.8 Å². The second kappa shape index (κ2) is 8.57. The van der Waals surface area contributed by atoms with E-state index in [4.69, 9.17) is 8.53 Å². The van der Waals surface area contributed by atoms with E-state index in [0.29, 0.717) is 22.3 Å². The second-order valence-corrected chi connectivity index (χ2v) is 11.1. The van der Waals surface area contributed by atoms with Gasteiger partial charge in [0.15, 0.2) is 6.20 Å². The zero-order valence-electron chi connectivity index (χ0n) is 25.3. The van der Waals surface area contributed by atoms with Crippen LogP contribution in [0.4, 0.5) is 0 Å². The molecule has 3 nitrogen and oxygen atoms in total. The third kappa shape index (κ3) is 3.68. The van der Waals surface area contributed by atoms with E-state index in [1.54, 1.807) is 6.20 Å². The largest absolute Gasteiger partial charge is 0.454 e. The second-order valence-electron chi connectivity index (χ2n) is 11.1. The minimum Gasteiger partial charge on any atom is -0.454 e. The van der Waals surface area contributed by atoms with Crippen LogP contribution in [0.3, 0.4) is 0 Å². The average Bonchev–Trinajstić information content (AvgIpc) is 3.29. The van der Waals surface area contributed by atoms with E-state index in [1.807, 2.05) is 75.7 Å². The average molecular weight is 499 g/mol. The van der Waals surface area contributed by atoms with Crippen molar-refractivity contribution >= 4 is 32.7 Å². The van der Waals surface area contributed by atoms with Gasteiger partial charge in [0.2, 0.25) is 5.69 Å². The number of furan rings is 1. The van der Waals surface area contributed by atoms with Crippen LogP contribution in [-0.4, -0.2) is 0 Å². The van der Waals surface area contributed by atoms with Crippen LogP contribution in [0.15, 0.2) is 83.4 Å². The first kappa shape index (κ1) is 20.6. The van der Waals surface area contributed by atoms with Gasteiger partial charge in [0.25, 0.3) is 0 Å². The van der Waals surface area contributed by atoms with Gasteiger partial charge < -0.3 is 4.42 Å². The number of pyridine rings is 1. The third-order valence-electron chi connectivity index (χ3n) is 7.51. The summed E-state index contributed by atoms with van der Waals surface area (Å²) in [4.78, 5) is 0. The van der Waals surface area contributed by atoms with Gasteiger partial charge in [0.05, 0.1) is 17.2 Å². The quantitative estimate of drug-likeness (QED) is 0.224. The number of nitriles is 1. The standard InChI is InChI=1S/C35H31N2O/c1-21-11-15-27-28-16-14-26(19-36)32(25-13-12-23-9-7-8-10-24(23)17-25)34(28)38-33(27)31(21)30-18-29(35(3,4)5)22(2)20-37(30)6/h7-18,20H,1-6H3/q+1/i2D3. The Morgan fingerprint density at radius 1 is 0.842 bits per heavy atom. The van der Waals surface area contributed by atoms with Gasteiger partial charge in [-0.2, -0.15) is 5.26 Å². The molecule has 0 aliphatic carbocycles. The number of hydrogen-bond acceptors (Lipinski definition) is 2. The van der Waals surface area contributed by atoms with Gasteiger partial charge in [-0.3, -0.25) is 0 Å². The first-order valence-corrected chi connectivity index (χ1v) is 12.8. The summed E-state index contributed by atoms with van der Waals surface area (Å²) in [6.07, 6.45) is 1.73. The lowest BCUT2D eigenvalue weighted by atomic mass is 9.83. The maximum absolute atomic E-state index is 10.1. The maximum Gasteiger partial charge on any atom is 0.216 e. The van der Waals surface area contributed by atoms with E-state index in [2.05, 4.69) is 42.5 Å². The monoisotopic (exact) mass is 498 g/mol. The summed E-state index contributed by atoms with van der Waals surface area (Å²) in [5.74, 6) is 0. The molecule has 0 radical (unpaired) electrons. The minimum absolute atomic E-state index is 0.350. The van der Waals surface area contributed by atoms with Crippen molar-refractivity contribution in [2.45, 2.75) is 40.0 Å². The fourth-order valence-corrected chi connectivity index (χ4v) is 5.56. The Bertz CT molecular complexity index is 2050. The molecule has 0 N–H and O–H groups in total. The van der Waals surface area contributed by atoms with E-state index in [9.17, 15) is 5.26 Å². The molecule has 2 aromatic heterocycles. The molecule has 0 amide bonds. The lowest BCUT2D eigenvalue weighted by molar-refractivity contribution is -0.660. The molecule has 0 aliphatic heterocycles. The van der Waals surface area contributed by atoms with Crippen LogP contribution in [0.5, 0.6) is 0 Å². The van der Waals surface area contributed by atoms with Crippen LogP contribution in [0, 0.1) is 25.1 Å². The van der Waals surface area contributed by atoms with Gasteiger partial charge in [-0.25, -0.2) is 4.57 Å². The Labute approximate surface area is 227 Å². The number of nitrogens with zero attached hydrogens (tertiary/aromatic N) is 2. The molecule has 38 heavy (non-hydrogen) atoms. The fourth-order valence-electron chi connectivity index (χ4n) is 5.56. The number of aromatic nitrogens is 1. The van der Waals surface area contributed by atoms with E-state index in [0.717, 1.165) is 55.1 Å². The van der Waals surface area contributed by atoms with E-state index < -0.39 is 6.85 Å². The highest BCUT2D eigenvalue weighted by Gasteiger charge is 2.27. The van der Waals surface area contributed by atoms with Gasteiger partial charge in [0.1, 0.15) is 18.2 Å². The van der Waals surface area contributed by atoms with Crippen molar-refractivity contribution in [2.75, 3.05) is 0 Å². The Kier molecular flexibility index (Phi) is 4.65. The highest BCUT2D eigenvalue weighted by Crippen LogP contribution is 2.42. The van der Waals surface area contributed by atoms with Gasteiger partial charge in [-0.1, -0.05) is 69.3 Å². The first-order valence-electron chi connectivity index (χ1n) is 14.3. The summed E-state index contributed by atoms with van der Waals surface area (Å²) in [5, 5.41) is 14.2. The van der Waals surface area contributed by atoms with Crippen LogP contribution in [-0.2, 0) is 12.5 Å². The van der Waals surface area contributed by atoms with Gasteiger partial charge in [0, 0.05) is 32.1 Å². The molecule has 4 aromatic carbocycles. The molecule has 0 fully saturated rings. The van der Waals surface area contributed by atoms with Crippen molar-refractivity contribution in [2.24, 2.45) is 7.05 Å². The number of aryl methyl sites for hydroxylation is 3. The van der Waals surface area contributed by atoms with Crippen molar-refractivity contribution < 1.29 is 13.1 Å². The molecule has 0 atom stereocenters. The van der Waals surface area contributed by atoms with Gasteiger partial charge >= 0.3 is 0 Å². The van der Waals surface area contributed by atoms with Crippen LogP contribution in [0.25, 0.3) is 55.1 Å². The molecule has 6 aromatic rings. The molecule has 0 bridgehead atoms. The number of benzene rings is 4. The molecule has 186 valence electrons. The van der Waals surface area contributed by atoms with E-state index >= 15 is 0 Å². The number of rotatable bonds is 2. The highest BCUT2D eigenvalue weighted by molar-refractivity contribution is 6.14. The molecule has 0 aliphatic rings. The van der Waals surface area contributed by atoms with Crippen LogP contribution < -0.4 is 4.57 Å². The van der Waals surface area contributed by atoms with Crippen molar-refractivity contribution in [1.82, 2.24) is 0 Å². The summed E-state index contributed by atoms with van der Waals surface area (Å²) in [6, 6.07) is 26.7. The zero-order chi connectivity index (χ0) is 29.3. The number of hydrogen-bond donors (Lipinski definition) is 0. The van der Waals surface area contributed by atoms with Crippen molar-refractivity contribution in [3.8, 4) is 28.5 Å². The Balaban J connectivity index is 1.69. The highest BCUT2D eigenvalue weighted by atomic mass is 16.3. The fraction of sp³-hybridized carbons (Fsp3) is 0.200. The lowest BCUT2D eigenvalue weighted by Gasteiger charge is -2.21. The normalized spacial score (nSPS) is 13.4. The Morgan fingerprint density at radius 3 is 2.26 bits per heavy atom. The van der Waals surface area contributed by atoms with E-state index in [1.165, 1.54) is 0 Å². The third-order valence-corrected chi connectivity index (χ3v) is 7.51. The van der Waals surface area contributed by atoms with Gasteiger partial charge in [-0.15, -0.1) is 0 Å². The molecule has 2 heterocycles. The summed E-state index contributed by atoms with van der Waals surface area (Å²) in [7, 11) is 1.88. The molecular weight excluding hydrogens is 464 g/mol. The molecular formula is C35H31N2O+. The Hall–Kier alpha value is -4.42. The Morgan fingerprint density at radius 2 is 1.55 bits per heavy atom. The van der Waals surface area contributed by atoms with Gasteiger partial charge in [-0.05, 0) is 64.9 Å².